The van der Waals surface area contributed by atoms with Crippen LogP contribution in [0, 0.1) is 3.57 Å². The van der Waals surface area contributed by atoms with Crippen LogP contribution in [0.15, 0.2) is 24.3 Å². The molecule has 1 aliphatic heterocycles. The number of hydrogen-bond acceptors (Lipinski definition) is 2. The fourth-order valence-corrected chi connectivity index (χ4v) is 2.59. The standard InChI is InChI=1S/C14H18INO2/c1-11-4-2-3-9-16(11)14(17)10-18-13-7-5-12(15)6-8-13/h5-8,11H,2-4,9-10H2,1H3. The summed E-state index contributed by atoms with van der Waals surface area (Å²) in [6.07, 6.45) is 3.44. The fourth-order valence-electron chi connectivity index (χ4n) is 2.23. The molecule has 1 aromatic rings. The second-order valence-electron chi connectivity index (χ2n) is 4.67. The minimum Gasteiger partial charge on any atom is -0.484 e. The quantitative estimate of drug-likeness (QED) is 0.777. The molecule has 98 valence electrons. The molecule has 0 saturated carbocycles. The summed E-state index contributed by atoms with van der Waals surface area (Å²) in [6, 6.07) is 8.10. The molecule has 0 aliphatic carbocycles. The summed E-state index contributed by atoms with van der Waals surface area (Å²) in [5.74, 6) is 0.856. The summed E-state index contributed by atoms with van der Waals surface area (Å²) in [4.78, 5) is 14.0. The van der Waals surface area contributed by atoms with Crippen molar-refractivity contribution in [1.82, 2.24) is 4.90 Å². The van der Waals surface area contributed by atoms with E-state index in [4.69, 9.17) is 4.74 Å². The lowest BCUT2D eigenvalue weighted by atomic mass is 10.0. The summed E-state index contributed by atoms with van der Waals surface area (Å²) in [7, 11) is 0. The molecule has 18 heavy (non-hydrogen) atoms. The summed E-state index contributed by atoms with van der Waals surface area (Å²) in [5.41, 5.74) is 0. The lowest BCUT2D eigenvalue weighted by Crippen LogP contribution is -2.44. The molecule has 0 aromatic heterocycles. The minimum absolute atomic E-state index is 0.0979. The highest BCUT2D eigenvalue weighted by atomic mass is 127. The average molecular weight is 359 g/mol. The van der Waals surface area contributed by atoms with Gasteiger partial charge in [0.05, 0.1) is 0 Å². The van der Waals surface area contributed by atoms with E-state index in [0.29, 0.717) is 6.04 Å². The molecule has 1 atom stereocenters. The molecule has 0 N–H and O–H groups in total. The van der Waals surface area contributed by atoms with E-state index < -0.39 is 0 Å². The van der Waals surface area contributed by atoms with Gasteiger partial charge in [0.25, 0.3) is 5.91 Å². The van der Waals surface area contributed by atoms with Crippen molar-refractivity contribution < 1.29 is 9.53 Å². The number of halogens is 1. The normalized spacial score (nSPS) is 19.7. The van der Waals surface area contributed by atoms with E-state index in [9.17, 15) is 4.79 Å². The van der Waals surface area contributed by atoms with Crippen LogP contribution in [-0.4, -0.2) is 30.0 Å². The summed E-state index contributed by atoms with van der Waals surface area (Å²) in [6.45, 7) is 3.13. The molecule has 1 aliphatic rings. The highest BCUT2D eigenvalue weighted by Crippen LogP contribution is 2.17. The Hall–Kier alpha value is -0.780. The Morgan fingerprint density at radius 3 is 2.78 bits per heavy atom. The van der Waals surface area contributed by atoms with Gasteiger partial charge in [-0.1, -0.05) is 0 Å². The van der Waals surface area contributed by atoms with Crippen molar-refractivity contribution in [2.75, 3.05) is 13.2 Å². The van der Waals surface area contributed by atoms with E-state index >= 15 is 0 Å². The van der Waals surface area contributed by atoms with Gasteiger partial charge in [-0.15, -0.1) is 0 Å². The highest BCUT2D eigenvalue weighted by Gasteiger charge is 2.23. The van der Waals surface area contributed by atoms with Crippen molar-refractivity contribution >= 4 is 28.5 Å². The topological polar surface area (TPSA) is 29.5 Å². The van der Waals surface area contributed by atoms with Gasteiger partial charge >= 0.3 is 0 Å². The number of rotatable bonds is 3. The molecule has 0 bridgehead atoms. The van der Waals surface area contributed by atoms with Gasteiger partial charge in [-0.05, 0) is 73.0 Å². The molecule has 1 saturated heterocycles. The predicted molar refractivity (Wildman–Crippen MR) is 79.7 cm³/mol. The lowest BCUT2D eigenvalue weighted by Gasteiger charge is -2.33. The van der Waals surface area contributed by atoms with Crippen molar-refractivity contribution in [2.45, 2.75) is 32.2 Å². The first kappa shape index (κ1) is 13.6. The largest absolute Gasteiger partial charge is 0.484 e. The van der Waals surface area contributed by atoms with Gasteiger partial charge in [0.15, 0.2) is 6.61 Å². The Balaban J connectivity index is 1.85. The Morgan fingerprint density at radius 2 is 2.11 bits per heavy atom. The second kappa shape index (κ2) is 6.41. The molecule has 2 rings (SSSR count). The van der Waals surface area contributed by atoms with Gasteiger partial charge in [-0.25, -0.2) is 0 Å². The maximum atomic E-state index is 12.0. The third-order valence-corrected chi connectivity index (χ3v) is 4.02. The number of piperidine rings is 1. The van der Waals surface area contributed by atoms with E-state index in [2.05, 4.69) is 29.5 Å². The monoisotopic (exact) mass is 359 g/mol. The minimum atomic E-state index is 0.0979. The van der Waals surface area contributed by atoms with Gasteiger partial charge in [-0.2, -0.15) is 0 Å². The van der Waals surface area contributed by atoms with Crippen molar-refractivity contribution in [3.05, 3.63) is 27.8 Å². The first-order chi connectivity index (χ1) is 8.66. The van der Waals surface area contributed by atoms with Crippen molar-refractivity contribution in [1.29, 1.82) is 0 Å². The van der Waals surface area contributed by atoms with Crippen LogP contribution >= 0.6 is 22.6 Å². The van der Waals surface area contributed by atoms with Crippen molar-refractivity contribution in [3.8, 4) is 5.75 Å². The van der Waals surface area contributed by atoms with Gasteiger partial charge in [0.2, 0.25) is 0 Å². The third kappa shape index (κ3) is 3.60. The van der Waals surface area contributed by atoms with Gasteiger partial charge in [0.1, 0.15) is 5.75 Å². The zero-order valence-corrected chi connectivity index (χ0v) is 12.7. The molecule has 1 unspecified atom stereocenters. The average Bonchev–Trinajstić information content (AvgIpc) is 2.38. The molecule has 1 fully saturated rings. The van der Waals surface area contributed by atoms with Gasteiger partial charge in [-0.3, -0.25) is 4.79 Å². The SMILES string of the molecule is CC1CCCCN1C(=O)COc1ccc(I)cc1. The smallest absolute Gasteiger partial charge is 0.260 e. The van der Waals surface area contributed by atoms with E-state index in [1.807, 2.05) is 29.2 Å². The summed E-state index contributed by atoms with van der Waals surface area (Å²) >= 11 is 2.25. The molecular formula is C14H18INO2. The first-order valence-electron chi connectivity index (χ1n) is 6.34. The number of carbonyl (C=O) groups excluding carboxylic acids is 1. The summed E-state index contributed by atoms with van der Waals surface area (Å²) in [5, 5.41) is 0. The molecule has 3 nitrogen and oxygen atoms in total. The van der Waals surface area contributed by atoms with Crippen LogP contribution < -0.4 is 4.74 Å². The molecule has 0 radical (unpaired) electrons. The Bertz CT molecular complexity index is 405. The van der Waals surface area contributed by atoms with Crippen LogP contribution in [0.2, 0.25) is 0 Å². The number of carbonyl (C=O) groups is 1. The number of amides is 1. The maximum absolute atomic E-state index is 12.0. The zero-order chi connectivity index (χ0) is 13.0. The Kier molecular flexibility index (Phi) is 4.86. The van der Waals surface area contributed by atoms with Crippen LogP contribution in [-0.2, 0) is 4.79 Å². The number of ether oxygens (including phenoxy) is 1. The van der Waals surface area contributed by atoms with Crippen LogP contribution in [0.1, 0.15) is 26.2 Å². The van der Waals surface area contributed by atoms with Crippen molar-refractivity contribution in [2.24, 2.45) is 0 Å². The number of likely N-dealkylation sites (tertiary alicyclic amines) is 1. The zero-order valence-electron chi connectivity index (χ0n) is 10.6. The predicted octanol–water partition coefficient (Wildman–Crippen LogP) is 3.07. The van der Waals surface area contributed by atoms with Gasteiger partial charge < -0.3 is 9.64 Å². The van der Waals surface area contributed by atoms with Crippen molar-refractivity contribution in [3.63, 3.8) is 0 Å². The fraction of sp³-hybridized carbons (Fsp3) is 0.500. The first-order valence-corrected chi connectivity index (χ1v) is 7.42. The van der Waals surface area contributed by atoms with E-state index in [1.54, 1.807) is 0 Å². The molecule has 0 spiro atoms. The van der Waals surface area contributed by atoms with Crippen LogP contribution in [0.5, 0.6) is 5.75 Å². The van der Waals surface area contributed by atoms with Crippen LogP contribution in [0.3, 0.4) is 0 Å². The molecule has 4 heteroatoms. The molecule has 1 aromatic carbocycles. The Labute approximate surface area is 122 Å². The second-order valence-corrected chi connectivity index (χ2v) is 5.92. The van der Waals surface area contributed by atoms with Crippen LogP contribution in [0.25, 0.3) is 0 Å². The summed E-state index contributed by atoms with van der Waals surface area (Å²) < 4.78 is 6.69. The number of hydrogen-bond donors (Lipinski definition) is 0. The lowest BCUT2D eigenvalue weighted by molar-refractivity contribution is -0.136. The number of benzene rings is 1. The van der Waals surface area contributed by atoms with Crippen LogP contribution in [0.4, 0.5) is 0 Å². The third-order valence-electron chi connectivity index (χ3n) is 3.30. The molecule has 1 amide bonds. The van der Waals surface area contributed by atoms with E-state index in [-0.39, 0.29) is 12.5 Å². The van der Waals surface area contributed by atoms with Gasteiger partial charge in [0, 0.05) is 16.2 Å². The van der Waals surface area contributed by atoms with E-state index in [0.717, 1.165) is 28.7 Å². The highest BCUT2D eigenvalue weighted by molar-refractivity contribution is 14.1. The molecule has 1 heterocycles. The molecular weight excluding hydrogens is 341 g/mol. The van der Waals surface area contributed by atoms with E-state index in [1.165, 1.54) is 6.42 Å². The Morgan fingerprint density at radius 1 is 1.39 bits per heavy atom. The maximum Gasteiger partial charge on any atom is 0.260 e. The number of nitrogens with zero attached hydrogens (tertiary/aromatic N) is 1.